The van der Waals surface area contributed by atoms with Gasteiger partial charge in [-0.25, -0.2) is 4.39 Å². The van der Waals surface area contributed by atoms with Crippen LogP contribution in [0.15, 0.2) is 34.6 Å². The van der Waals surface area contributed by atoms with Crippen LogP contribution in [0.5, 0.6) is 0 Å². The molecule has 0 rings (SSSR count). The van der Waals surface area contributed by atoms with E-state index >= 15 is 0 Å². The van der Waals surface area contributed by atoms with Gasteiger partial charge >= 0.3 is 0 Å². The first-order valence-electron chi connectivity index (χ1n) is 3.16. The van der Waals surface area contributed by atoms with Gasteiger partial charge in [0.15, 0.2) is 0 Å². The molecule has 0 heterocycles. The van der Waals surface area contributed by atoms with Gasteiger partial charge in [0.25, 0.3) is 0 Å². The minimum absolute atomic E-state index is 0.173. The highest BCUT2D eigenvalue weighted by atomic mass is 79.9. The van der Waals surface area contributed by atoms with Gasteiger partial charge < -0.3 is 5.73 Å². The summed E-state index contributed by atoms with van der Waals surface area (Å²) in [6.45, 7) is 5.36. The maximum absolute atomic E-state index is 12.9. The molecule has 0 aromatic heterocycles. The van der Waals surface area contributed by atoms with Crippen LogP contribution in [-0.4, -0.2) is 6.54 Å². The fourth-order valence-electron chi connectivity index (χ4n) is 0.546. The third-order valence-corrected chi connectivity index (χ3v) is 1.33. The topological polar surface area (TPSA) is 26.0 Å². The predicted octanol–water partition coefficient (Wildman–Crippen LogP) is 2.65. The molecule has 0 fully saturated rings. The quantitative estimate of drug-likeness (QED) is 0.727. The van der Waals surface area contributed by atoms with Gasteiger partial charge in [0.2, 0.25) is 0 Å². The fraction of sp³-hybridized carbons (Fsp3) is 0.250. The van der Waals surface area contributed by atoms with Crippen LogP contribution >= 0.6 is 15.9 Å². The Bertz CT molecular complexity index is 202. The Hall–Kier alpha value is -0.410. The van der Waals surface area contributed by atoms with E-state index < -0.39 is 0 Å². The van der Waals surface area contributed by atoms with E-state index in [2.05, 4.69) is 22.5 Å². The van der Waals surface area contributed by atoms with Crippen LogP contribution in [0.4, 0.5) is 4.39 Å². The Morgan fingerprint density at radius 2 is 2.27 bits per heavy atom. The summed E-state index contributed by atoms with van der Waals surface area (Å²) in [5.74, 6) is -0.336. The molecule has 0 amide bonds. The van der Waals surface area contributed by atoms with Crippen molar-refractivity contribution >= 4 is 15.9 Å². The molecule has 0 atom stereocenters. The second-order valence-electron chi connectivity index (χ2n) is 2.01. The molecule has 0 bridgehead atoms. The smallest absolute Gasteiger partial charge is 0.128 e. The highest BCUT2D eigenvalue weighted by Gasteiger charge is 1.97. The van der Waals surface area contributed by atoms with Crippen LogP contribution in [-0.2, 0) is 0 Å². The molecular weight excluding hydrogens is 209 g/mol. The molecule has 0 saturated heterocycles. The number of hydrogen-bond acceptors (Lipinski definition) is 1. The van der Waals surface area contributed by atoms with Crippen molar-refractivity contribution in [2.45, 2.75) is 6.92 Å². The second-order valence-corrected chi connectivity index (χ2v) is 3.26. The van der Waals surface area contributed by atoms with Crippen molar-refractivity contribution in [3.63, 3.8) is 0 Å². The summed E-state index contributed by atoms with van der Waals surface area (Å²) in [5.41, 5.74) is 5.67. The lowest BCUT2D eigenvalue weighted by Crippen LogP contribution is -2.01. The van der Waals surface area contributed by atoms with Crippen molar-refractivity contribution in [2.24, 2.45) is 5.73 Å². The molecule has 0 saturated carbocycles. The van der Waals surface area contributed by atoms with Crippen molar-refractivity contribution in [1.82, 2.24) is 0 Å². The van der Waals surface area contributed by atoms with Crippen LogP contribution in [0.3, 0.4) is 0 Å². The molecule has 0 spiro atoms. The third kappa shape index (κ3) is 4.11. The number of rotatable bonds is 3. The largest absolute Gasteiger partial charge is 0.326 e. The molecule has 0 aliphatic rings. The molecule has 11 heavy (non-hydrogen) atoms. The predicted molar refractivity (Wildman–Crippen MR) is 50.1 cm³/mol. The van der Waals surface area contributed by atoms with Crippen molar-refractivity contribution in [2.75, 3.05) is 6.54 Å². The zero-order valence-corrected chi connectivity index (χ0v) is 7.99. The zero-order chi connectivity index (χ0) is 8.85. The second kappa shape index (κ2) is 5.27. The number of nitrogens with two attached hydrogens (primary N) is 1. The average Bonchev–Trinajstić information content (AvgIpc) is 1.88. The molecule has 1 nitrogen and oxygen atoms in total. The van der Waals surface area contributed by atoms with E-state index in [1.54, 1.807) is 6.92 Å². The Balaban J connectivity index is 4.62. The molecule has 0 radical (unpaired) electrons. The minimum Gasteiger partial charge on any atom is -0.326 e. The fourth-order valence-corrected chi connectivity index (χ4v) is 0.747. The monoisotopic (exact) mass is 219 g/mol. The van der Waals surface area contributed by atoms with E-state index in [0.717, 1.165) is 4.48 Å². The molecule has 0 aromatic rings. The molecule has 0 aliphatic heterocycles. The maximum atomic E-state index is 12.9. The standard InChI is InChI=1S/C8H11BrFN/c1-3-7(5-11)8(10)4-6(2)9/h3-4H,1,5,11H2,2H3/b6-4+,8-7-. The Labute approximate surface area is 74.6 Å². The van der Waals surface area contributed by atoms with Crippen molar-refractivity contribution in [3.05, 3.63) is 34.6 Å². The van der Waals surface area contributed by atoms with Gasteiger partial charge in [-0.15, -0.1) is 0 Å². The number of hydrogen-bond donors (Lipinski definition) is 1. The Morgan fingerprint density at radius 1 is 1.73 bits per heavy atom. The van der Waals surface area contributed by atoms with Crippen molar-refractivity contribution < 1.29 is 4.39 Å². The van der Waals surface area contributed by atoms with E-state index in [1.165, 1.54) is 12.2 Å². The SMILES string of the molecule is C=C/C(CN)=C(F)\C=C(/C)Br. The number of allylic oxidation sites excluding steroid dienone is 3. The molecule has 3 heteroatoms. The van der Waals surface area contributed by atoms with Crippen LogP contribution < -0.4 is 5.73 Å². The molecule has 62 valence electrons. The van der Waals surface area contributed by atoms with E-state index in [9.17, 15) is 4.39 Å². The number of halogens is 2. The van der Waals surface area contributed by atoms with Gasteiger partial charge in [0, 0.05) is 12.1 Å². The first-order chi connectivity index (χ1) is 5.11. The lowest BCUT2D eigenvalue weighted by atomic mass is 10.2. The van der Waals surface area contributed by atoms with Crippen LogP contribution in [0, 0.1) is 0 Å². The molecule has 2 N–H and O–H groups in total. The summed E-state index contributed by atoms with van der Waals surface area (Å²) in [7, 11) is 0. The first kappa shape index (κ1) is 10.6. The van der Waals surface area contributed by atoms with Crippen molar-refractivity contribution in [1.29, 1.82) is 0 Å². The van der Waals surface area contributed by atoms with Crippen LogP contribution in [0.2, 0.25) is 0 Å². The summed E-state index contributed by atoms with van der Waals surface area (Å²) in [4.78, 5) is 0. The molecule has 0 aliphatic carbocycles. The summed E-state index contributed by atoms with van der Waals surface area (Å²) in [6.07, 6.45) is 2.78. The molecule has 0 aromatic carbocycles. The van der Waals surface area contributed by atoms with Gasteiger partial charge in [-0.05, 0) is 17.5 Å². The molecule has 0 unspecified atom stereocenters. The average molecular weight is 220 g/mol. The van der Waals surface area contributed by atoms with E-state index in [-0.39, 0.29) is 12.4 Å². The van der Waals surface area contributed by atoms with Gasteiger partial charge in [-0.3, -0.25) is 0 Å². The maximum Gasteiger partial charge on any atom is 0.128 e. The lowest BCUT2D eigenvalue weighted by molar-refractivity contribution is 0.655. The summed E-state index contributed by atoms with van der Waals surface area (Å²) in [6, 6.07) is 0. The van der Waals surface area contributed by atoms with Crippen molar-refractivity contribution in [3.8, 4) is 0 Å². The summed E-state index contributed by atoms with van der Waals surface area (Å²) in [5, 5.41) is 0. The summed E-state index contributed by atoms with van der Waals surface area (Å²) < 4.78 is 13.7. The van der Waals surface area contributed by atoms with E-state index in [1.807, 2.05) is 0 Å². The third-order valence-electron chi connectivity index (χ3n) is 1.10. The zero-order valence-electron chi connectivity index (χ0n) is 6.40. The normalized spacial score (nSPS) is 14.4. The Kier molecular flexibility index (Phi) is 5.07. The van der Waals surface area contributed by atoms with Gasteiger partial charge in [-0.1, -0.05) is 28.6 Å². The Morgan fingerprint density at radius 3 is 2.55 bits per heavy atom. The summed E-state index contributed by atoms with van der Waals surface area (Å²) >= 11 is 3.11. The van der Waals surface area contributed by atoms with Crippen LogP contribution in [0.25, 0.3) is 0 Å². The van der Waals surface area contributed by atoms with E-state index in [4.69, 9.17) is 5.73 Å². The van der Waals surface area contributed by atoms with Crippen LogP contribution in [0.1, 0.15) is 6.92 Å². The highest BCUT2D eigenvalue weighted by molar-refractivity contribution is 9.11. The van der Waals surface area contributed by atoms with Gasteiger partial charge in [0.05, 0.1) is 0 Å². The first-order valence-corrected chi connectivity index (χ1v) is 3.96. The van der Waals surface area contributed by atoms with Gasteiger partial charge in [-0.2, -0.15) is 0 Å². The lowest BCUT2D eigenvalue weighted by Gasteiger charge is -1.96. The van der Waals surface area contributed by atoms with E-state index in [0.29, 0.717) is 5.57 Å². The minimum atomic E-state index is -0.336. The molecular formula is C8H11BrFN. The highest BCUT2D eigenvalue weighted by Crippen LogP contribution is 2.13. The van der Waals surface area contributed by atoms with Gasteiger partial charge in [0.1, 0.15) is 5.83 Å².